The van der Waals surface area contributed by atoms with Crippen molar-refractivity contribution < 1.29 is 4.79 Å². The van der Waals surface area contributed by atoms with E-state index >= 15 is 0 Å². The van der Waals surface area contributed by atoms with Crippen molar-refractivity contribution in [1.82, 2.24) is 20.8 Å². The van der Waals surface area contributed by atoms with E-state index in [4.69, 9.17) is 0 Å². The maximum absolute atomic E-state index is 12.2. The standard InChI is InChI=1S/C16H20N4OS.ClH/c1-11-19-20-15(22-11)10-18-16(21)14-4-2-3-12(8-14)7-13-5-6-17-9-13;/h2-4,8,13,17H,5-7,9-10H2,1H3,(H,18,21);1H. The first-order valence-corrected chi connectivity index (χ1v) is 8.39. The van der Waals surface area contributed by atoms with Gasteiger partial charge in [-0.2, -0.15) is 0 Å². The Bertz CT molecular complexity index is 655. The Kier molecular flexibility index (Phi) is 6.50. The molecule has 23 heavy (non-hydrogen) atoms. The van der Waals surface area contributed by atoms with Gasteiger partial charge in [0.05, 0.1) is 6.54 Å². The summed E-state index contributed by atoms with van der Waals surface area (Å²) in [5.41, 5.74) is 1.94. The van der Waals surface area contributed by atoms with E-state index in [1.54, 1.807) is 0 Å². The molecule has 2 aromatic rings. The second-order valence-corrected chi connectivity index (χ2v) is 6.93. The van der Waals surface area contributed by atoms with Crippen LogP contribution in [0.1, 0.15) is 32.4 Å². The summed E-state index contributed by atoms with van der Waals surface area (Å²) < 4.78 is 0. The lowest BCUT2D eigenvalue weighted by Gasteiger charge is -2.10. The number of aryl methyl sites for hydroxylation is 1. The lowest BCUT2D eigenvalue weighted by molar-refractivity contribution is 0.0950. The van der Waals surface area contributed by atoms with Crippen molar-refractivity contribution in [1.29, 1.82) is 0 Å². The lowest BCUT2D eigenvalue weighted by atomic mass is 9.97. The number of aromatic nitrogens is 2. The van der Waals surface area contributed by atoms with E-state index in [0.29, 0.717) is 18.0 Å². The number of nitrogens with one attached hydrogen (secondary N) is 2. The smallest absolute Gasteiger partial charge is 0.251 e. The zero-order chi connectivity index (χ0) is 15.4. The van der Waals surface area contributed by atoms with Crippen LogP contribution in [-0.4, -0.2) is 29.2 Å². The third-order valence-electron chi connectivity index (χ3n) is 3.84. The zero-order valence-corrected chi connectivity index (χ0v) is 14.7. The molecule has 5 nitrogen and oxygen atoms in total. The van der Waals surface area contributed by atoms with Gasteiger partial charge in [-0.1, -0.05) is 23.5 Å². The summed E-state index contributed by atoms with van der Waals surface area (Å²) in [6, 6.07) is 7.92. The number of hydrogen-bond acceptors (Lipinski definition) is 5. The van der Waals surface area contributed by atoms with Crippen molar-refractivity contribution in [3.05, 3.63) is 45.4 Å². The van der Waals surface area contributed by atoms with Crippen LogP contribution in [0.2, 0.25) is 0 Å². The Morgan fingerprint density at radius 2 is 2.30 bits per heavy atom. The van der Waals surface area contributed by atoms with E-state index in [2.05, 4.69) is 26.9 Å². The van der Waals surface area contributed by atoms with Crippen LogP contribution >= 0.6 is 23.7 Å². The van der Waals surface area contributed by atoms with Gasteiger partial charge in [-0.15, -0.1) is 22.6 Å². The summed E-state index contributed by atoms with van der Waals surface area (Å²) in [4.78, 5) is 12.2. The number of amides is 1. The number of halogens is 1. The monoisotopic (exact) mass is 352 g/mol. The van der Waals surface area contributed by atoms with Gasteiger partial charge in [0, 0.05) is 5.56 Å². The summed E-state index contributed by atoms with van der Waals surface area (Å²) in [7, 11) is 0. The molecule has 1 aliphatic rings. The summed E-state index contributed by atoms with van der Waals surface area (Å²) in [6.07, 6.45) is 2.25. The molecule has 7 heteroatoms. The SMILES string of the molecule is Cc1nnc(CNC(=O)c2cccc(CC3CCNC3)c2)s1.Cl. The van der Waals surface area contributed by atoms with E-state index < -0.39 is 0 Å². The summed E-state index contributed by atoms with van der Waals surface area (Å²) in [5, 5.41) is 16.0. The van der Waals surface area contributed by atoms with E-state index in [9.17, 15) is 4.79 Å². The topological polar surface area (TPSA) is 66.9 Å². The van der Waals surface area contributed by atoms with Crippen molar-refractivity contribution in [2.24, 2.45) is 5.92 Å². The normalized spacial score (nSPS) is 16.8. The third kappa shape index (κ3) is 4.99. The molecule has 1 aromatic heterocycles. The van der Waals surface area contributed by atoms with E-state index in [-0.39, 0.29) is 18.3 Å². The average molecular weight is 353 g/mol. The minimum atomic E-state index is -0.0562. The fourth-order valence-electron chi connectivity index (χ4n) is 2.73. The van der Waals surface area contributed by atoms with Crippen LogP contribution in [0.25, 0.3) is 0 Å². The second kappa shape index (κ2) is 8.38. The third-order valence-corrected chi connectivity index (χ3v) is 4.68. The van der Waals surface area contributed by atoms with Crippen LogP contribution in [0.4, 0.5) is 0 Å². The molecule has 0 spiro atoms. The highest BCUT2D eigenvalue weighted by Gasteiger charge is 2.15. The first kappa shape index (κ1) is 17.8. The van der Waals surface area contributed by atoms with Gasteiger partial charge in [-0.3, -0.25) is 4.79 Å². The Morgan fingerprint density at radius 1 is 1.43 bits per heavy atom. The van der Waals surface area contributed by atoms with Gasteiger partial charge >= 0.3 is 0 Å². The molecule has 1 amide bonds. The molecule has 0 radical (unpaired) electrons. The highest BCUT2D eigenvalue weighted by molar-refractivity contribution is 7.11. The number of hydrogen-bond donors (Lipinski definition) is 2. The molecule has 0 saturated carbocycles. The van der Waals surface area contributed by atoms with Crippen molar-refractivity contribution >= 4 is 29.7 Å². The Labute approximate surface area is 146 Å². The number of carbonyl (C=O) groups excluding carboxylic acids is 1. The van der Waals surface area contributed by atoms with E-state index in [1.807, 2.05) is 25.1 Å². The van der Waals surface area contributed by atoms with Crippen LogP contribution in [0, 0.1) is 12.8 Å². The number of rotatable bonds is 5. The largest absolute Gasteiger partial charge is 0.345 e. The Hall–Kier alpha value is -1.50. The molecule has 2 heterocycles. The molecular weight excluding hydrogens is 332 g/mol. The first-order chi connectivity index (χ1) is 10.7. The van der Waals surface area contributed by atoms with Crippen LogP contribution in [-0.2, 0) is 13.0 Å². The van der Waals surface area contributed by atoms with Crippen LogP contribution < -0.4 is 10.6 Å². The summed E-state index contributed by atoms with van der Waals surface area (Å²) >= 11 is 1.51. The molecule has 0 aliphatic carbocycles. The van der Waals surface area contributed by atoms with Gasteiger partial charge < -0.3 is 10.6 Å². The molecule has 3 rings (SSSR count). The molecule has 1 aliphatic heterocycles. The molecule has 1 aromatic carbocycles. The van der Waals surface area contributed by atoms with Gasteiger partial charge in [0.1, 0.15) is 10.0 Å². The quantitative estimate of drug-likeness (QED) is 0.866. The molecule has 1 saturated heterocycles. The van der Waals surface area contributed by atoms with Crippen molar-refractivity contribution in [3.8, 4) is 0 Å². The average Bonchev–Trinajstić information content (AvgIpc) is 3.17. The fourth-order valence-corrected chi connectivity index (χ4v) is 3.38. The first-order valence-electron chi connectivity index (χ1n) is 7.57. The number of nitrogens with zero attached hydrogens (tertiary/aromatic N) is 2. The van der Waals surface area contributed by atoms with Crippen molar-refractivity contribution in [3.63, 3.8) is 0 Å². The molecule has 1 unspecified atom stereocenters. The van der Waals surface area contributed by atoms with Gasteiger partial charge in [0.15, 0.2) is 0 Å². The predicted molar refractivity (Wildman–Crippen MR) is 94.2 cm³/mol. The summed E-state index contributed by atoms with van der Waals surface area (Å²) in [5.74, 6) is 0.627. The minimum Gasteiger partial charge on any atom is -0.345 e. The van der Waals surface area contributed by atoms with Crippen LogP contribution in [0.15, 0.2) is 24.3 Å². The van der Waals surface area contributed by atoms with Gasteiger partial charge in [0.2, 0.25) is 0 Å². The lowest BCUT2D eigenvalue weighted by Crippen LogP contribution is -2.23. The van der Waals surface area contributed by atoms with Gasteiger partial charge in [0.25, 0.3) is 5.91 Å². The van der Waals surface area contributed by atoms with Gasteiger partial charge in [-0.05, 0) is 56.5 Å². The van der Waals surface area contributed by atoms with Crippen LogP contribution in [0.5, 0.6) is 0 Å². The van der Waals surface area contributed by atoms with E-state index in [1.165, 1.54) is 23.3 Å². The summed E-state index contributed by atoms with van der Waals surface area (Å²) in [6.45, 7) is 4.52. The molecule has 0 bridgehead atoms. The van der Waals surface area contributed by atoms with Crippen molar-refractivity contribution in [2.45, 2.75) is 26.3 Å². The number of carbonyl (C=O) groups is 1. The maximum Gasteiger partial charge on any atom is 0.251 e. The predicted octanol–water partition coefficient (Wildman–Crippen LogP) is 2.35. The molecular formula is C16H21ClN4OS. The zero-order valence-electron chi connectivity index (χ0n) is 13.0. The highest BCUT2D eigenvalue weighted by atomic mass is 35.5. The van der Waals surface area contributed by atoms with Crippen LogP contribution in [0.3, 0.4) is 0 Å². The Morgan fingerprint density at radius 3 is 3.00 bits per heavy atom. The molecule has 124 valence electrons. The maximum atomic E-state index is 12.2. The minimum absolute atomic E-state index is 0. The molecule has 2 N–H and O–H groups in total. The molecule has 1 atom stereocenters. The van der Waals surface area contributed by atoms with Gasteiger partial charge in [-0.25, -0.2) is 0 Å². The van der Waals surface area contributed by atoms with Crippen molar-refractivity contribution in [2.75, 3.05) is 13.1 Å². The highest BCUT2D eigenvalue weighted by Crippen LogP contribution is 2.16. The number of benzene rings is 1. The fraction of sp³-hybridized carbons (Fsp3) is 0.438. The second-order valence-electron chi connectivity index (χ2n) is 5.66. The van der Waals surface area contributed by atoms with E-state index in [0.717, 1.165) is 29.5 Å². The molecule has 1 fully saturated rings. The Balaban J connectivity index is 0.00000192.